The number of aromatic nitrogens is 2. The molecule has 0 bridgehead atoms. The Morgan fingerprint density at radius 3 is 2.09 bits per heavy atom. The minimum atomic E-state index is 0.437. The molecule has 6 heteroatoms. The van der Waals surface area contributed by atoms with Crippen molar-refractivity contribution in [3.05, 3.63) is 36.4 Å². The third-order valence-corrected chi connectivity index (χ3v) is 3.53. The van der Waals surface area contributed by atoms with Gasteiger partial charge >= 0.3 is 0 Å². The average molecular weight is 311 g/mol. The Morgan fingerprint density at radius 1 is 0.826 bits per heavy atom. The number of hydrogen-bond donors (Lipinski definition) is 1. The Labute approximate surface area is 133 Å². The summed E-state index contributed by atoms with van der Waals surface area (Å²) in [5.74, 6) is 2.13. The standard InChI is InChI=1S/C17H17N3O3/c1-21-13-8-11(9-14(22-2)16(13)23-3)12-6-4-10-5-7-15(18)20-17(10)19-12/h4-9H,1-3H3,(H2,18,19,20). The minimum absolute atomic E-state index is 0.437. The largest absolute Gasteiger partial charge is 0.493 e. The summed E-state index contributed by atoms with van der Waals surface area (Å²) in [4.78, 5) is 8.83. The fourth-order valence-corrected chi connectivity index (χ4v) is 2.40. The quantitative estimate of drug-likeness (QED) is 0.798. The van der Waals surface area contributed by atoms with Crippen molar-refractivity contribution in [3.8, 4) is 28.5 Å². The van der Waals surface area contributed by atoms with E-state index in [2.05, 4.69) is 9.97 Å². The Morgan fingerprint density at radius 2 is 1.48 bits per heavy atom. The summed E-state index contributed by atoms with van der Waals surface area (Å²) in [5, 5.41) is 0.926. The first kappa shape index (κ1) is 14.9. The van der Waals surface area contributed by atoms with Gasteiger partial charge in [-0.15, -0.1) is 0 Å². The number of pyridine rings is 2. The second-order valence-electron chi connectivity index (χ2n) is 4.89. The van der Waals surface area contributed by atoms with Crippen molar-refractivity contribution < 1.29 is 14.2 Å². The highest BCUT2D eigenvalue weighted by Gasteiger charge is 2.15. The molecule has 0 aliphatic heterocycles. The van der Waals surface area contributed by atoms with E-state index in [9.17, 15) is 0 Å². The van der Waals surface area contributed by atoms with Crippen LogP contribution in [-0.2, 0) is 0 Å². The lowest BCUT2D eigenvalue weighted by Gasteiger charge is -2.14. The normalized spacial score (nSPS) is 10.6. The van der Waals surface area contributed by atoms with Gasteiger partial charge in [-0.05, 0) is 36.4 Å². The maximum atomic E-state index is 5.73. The van der Waals surface area contributed by atoms with Gasteiger partial charge in [-0.2, -0.15) is 0 Å². The first-order valence-corrected chi connectivity index (χ1v) is 7.00. The molecule has 0 saturated carbocycles. The van der Waals surface area contributed by atoms with Gasteiger partial charge in [0.15, 0.2) is 17.1 Å². The van der Waals surface area contributed by atoms with Crippen molar-refractivity contribution in [3.63, 3.8) is 0 Å². The number of nitrogens with zero attached hydrogens (tertiary/aromatic N) is 2. The van der Waals surface area contributed by atoms with Crippen LogP contribution in [-0.4, -0.2) is 31.3 Å². The molecule has 0 fully saturated rings. The topological polar surface area (TPSA) is 79.5 Å². The molecule has 0 aliphatic carbocycles. The minimum Gasteiger partial charge on any atom is -0.493 e. The van der Waals surface area contributed by atoms with Gasteiger partial charge in [0.1, 0.15) is 5.82 Å². The zero-order valence-electron chi connectivity index (χ0n) is 13.2. The summed E-state index contributed by atoms with van der Waals surface area (Å²) in [6.07, 6.45) is 0. The summed E-state index contributed by atoms with van der Waals surface area (Å²) >= 11 is 0. The molecule has 0 amide bonds. The van der Waals surface area contributed by atoms with E-state index in [4.69, 9.17) is 19.9 Å². The Hall–Kier alpha value is -3.02. The monoisotopic (exact) mass is 311 g/mol. The molecule has 3 rings (SSSR count). The number of ether oxygens (including phenoxy) is 3. The summed E-state index contributed by atoms with van der Waals surface area (Å²) in [6, 6.07) is 11.2. The molecule has 0 spiro atoms. The van der Waals surface area contributed by atoms with E-state index in [-0.39, 0.29) is 0 Å². The SMILES string of the molecule is COc1cc(-c2ccc3ccc(N)nc3n2)cc(OC)c1OC. The number of benzene rings is 1. The van der Waals surface area contributed by atoms with Crippen molar-refractivity contribution in [2.75, 3.05) is 27.1 Å². The maximum absolute atomic E-state index is 5.73. The van der Waals surface area contributed by atoms with Crippen LogP contribution in [0.15, 0.2) is 36.4 Å². The molecule has 23 heavy (non-hydrogen) atoms. The molecule has 1 aromatic carbocycles. The van der Waals surface area contributed by atoms with E-state index in [0.29, 0.717) is 28.7 Å². The summed E-state index contributed by atoms with van der Waals surface area (Å²) < 4.78 is 16.1. The molecular formula is C17H17N3O3. The summed E-state index contributed by atoms with van der Waals surface area (Å²) in [7, 11) is 4.73. The lowest BCUT2D eigenvalue weighted by atomic mass is 10.1. The smallest absolute Gasteiger partial charge is 0.203 e. The van der Waals surface area contributed by atoms with Crippen LogP contribution in [0.2, 0.25) is 0 Å². The predicted molar refractivity (Wildman–Crippen MR) is 89.0 cm³/mol. The zero-order valence-corrected chi connectivity index (χ0v) is 13.2. The lowest BCUT2D eigenvalue weighted by molar-refractivity contribution is 0.324. The highest BCUT2D eigenvalue weighted by atomic mass is 16.5. The average Bonchev–Trinajstić information content (AvgIpc) is 2.59. The number of methoxy groups -OCH3 is 3. The fourth-order valence-electron chi connectivity index (χ4n) is 2.40. The van der Waals surface area contributed by atoms with Gasteiger partial charge in [0.25, 0.3) is 0 Å². The van der Waals surface area contributed by atoms with Crippen LogP contribution in [0.3, 0.4) is 0 Å². The van der Waals surface area contributed by atoms with E-state index >= 15 is 0 Å². The maximum Gasteiger partial charge on any atom is 0.203 e. The number of hydrogen-bond acceptors (Lipinski definition) is 6. The van der Waals surface area contributed by atoms with Crippen LogP contribution in [0.4, 0.5) is 5.82 Å². The van der Waals surface area contributed by atoms with E-state index in [1.165, 1.54) is 0 Å². The van der Waals surface area contributed by atoms with Crippen molar-refractivity contribution in [1.82, 2.24) is 9.97 Å². The van der Waals surface area contributed by atoms with Crippen molar-refractivity contribution in [1.29, 1.82) is 0 Å². The Balaban J connectivity index is 2.17. The molecule has 2 aromatic heterocycles. The van der Waals surface area contributed by atoms with Gasteiger partial charge < -0.3 is 19.9 Å². The second kappa shape index (κ2) is 6.00. The van der Waals surface area contributed by atoms with Crippen LogP contribution in [0.5, 0.6) is 17.2 Å². The fraction of sp³-hybridized carbons (Fsp3) is 0.176. The number of rotatable bonds is 4. The van der Waals surface area contributed by atoms with Gasteiger partial charge in [-0.3, -0.25) is 0 Å². The summed E-state index contributed by atoms with van der Waals surface area (Å²) in [6.45, 7) is 0. The van der Waals surface area contributed by atoms with Crippen LogP contribution in [0.1, 0.15) is 0 Å². The second-order valence-corrected chi connectivity index (χ2v) is 4.89. The van der Waals surface area contributed by atoms with Crippen LogP contribution in [0.25, 0.3) is 22.3 Å². The molecule has 2 N–H and O–H groups in total. The van der Waals surface area contributed by atoms with Crippen molar-refractivity contribution >= 4 is 16.9 Å². The number of anilines is 1. The zero-order chi connectivity index (χ0) is 16.4. The Kier molecular flexibility index (Phi) is 3.89. The number of fused-ring (bicyclic) bond motifs is 1. The lowest BCUT2D eigenvalue weighted by Crippen LogP contribution is -1.97. The molecule has 2 heterocycles. The van der Waals surface area contributed by atoms with Crippen molar-refractivity contribution in [2.45, 2.75) is 0 Å². The molecular weight excluding hydrogens is 294 g/mol. The molecule has 118 valence electrons. The summed E-state index contributed by atoms with van der Waals surface area (Å²) in [5.41, 5.74) is 7.91. The first-order chi connectivity index (χ1) is 11.2. The molecule has 0 unspecified atom stereocenters. The van der Waals surface area contributed by atoms with Gasteiger partial charge in [0, 0.05) is 10.9 Å². The van der Waals surface area contributed by atoms with Crippen LogP contribution < -0.4 is 19.9 Å². The van der Waals surface area contributed by atoms with Gasteiger partial charge in [-0.1, -0.05) is 0 Å². The van der Waals surface area contributed by atoms with Gasteiger partial charge in [0.05, 0.1) is 27.0 Å². The van der Waals surface area contributed by atoms with Crippen molar-refractivity contribution in [2.24, 2.45) is 0 Å². The molecule has 0 radical (unpaired) electrons. The van der Waals surface area contributed by atoms with E-state index in [0.717, 1.165) is 16.6 Å². The first-order valence-electron chi connectivity index (χ1n) is 7.00. The van der Waals surface area contributed by atoms with Crippen LogP contribution in [0, 0.1) is 0 Å². The predicted octanol–water partition coefficient (Wildman–Crippen LogP) is 2.90. The molecule has 0 aliphatic rings. The van der Waals surface area contributed by atoms with E-state index in [1.54, 1.807) is 27.4 Å². The third kappa shape index (κ3) is 2.70. The van der Waals surface area contributed by atoms with E-state index < -0.39 is 0 Å². The third-order valence-electron chi connectivity index (χ3n) is 3.53. The highest BCUT2D eigenvalue weighted by molar-refractivity contribution is 5.80. The van der Waals surface area contributed by atoms with Crippen LogP contribution >= 0.6 is 0 Å². The Bertz CT molecular complexity index is 840. The molecule has 0 atom stereocenters. The molecule has 3 aromatic rings. The molecule has 6 nitrogen and oxygen atoms in total. The van der Waals surface area contributed by atoms with Gasteiger partial charge in [-0.25, -0.2) is 9.97 Å². The van der Waals surface area contributed by atoms with Gasteiger partial charge in [0.2, 0.25) is 5.75 Å². The number of nitrogen functional groups attached to an aromatic ring is 1. The number of nitrogens with two attached hydrogens (primary N) is 1. The van der Waals surface area contributed by atoms with E-state index in [1.807, 2.05) is 30.3 Å². The molecule has 0 saturated heterocycles. The highest BCUT2D eigenvalue weighted by Crippen LogP contribution is 2.40.